The molecule has 1 rings (SSSR count). The Kier molecular flexibility index (Phi) is 5.94. The maximum absolute atomic E-state index is 8.58. The van der Waals surface area contributed by atoms with Gasteiger partial charge in [-0.3, -0.25) is 0 Å². The fourth-order valence-corrected chi connectivity index (χ4v) is 1.65. The molecule has 0 aliphatic rings. The number of halogens is 1. The van der Waals surface area contributed by atoms with Crippen LogP contribution in [-0.4, -0.2) is 18.3 Å². The summed E-state index contributed by atoms with van der Waals surface area (Å²) in [6.07, 6.45) is 2.90. The van der Waals surface area contributed by atoms with Crippen LogP contribution < -0.4 is 4.74 Å². The van der Waals surface area contributed by atoms with Crippen LogP contribution >= 0.6 is 22.6 Å². The van der Waals surface area contributed by atoms with Gasteiger partial charge >= 0.3 is 0 Å². The highest BCUT2D eigenvalue weighted by Crippen LogP contribution is 2.15. The lowest BCUT2D eigenvalue weighted by molar-refractivity contribution is 0.266. The lowest BCUT2D eigenvalue weighted by atomic mass is 10.2. The van der Waals surface area contributed by atoms with Crippen molar-refractivity contribution in [3.05, 3.63) is 27.8 Å². The molecule has 1 N–H and O–H groups in total. The van der Waals surface area contributed by atoms with Crippen molar-refractivity contribution < 1.29 is 9.84 Å². The highest BCUT2D eigenvalue weighted by Gasteiger charge is 1.94. The van der Waals surface area contributed by atoms with Crippen LogP contribution in [0.5, 0.6) is 5.75 Å². The maximum atomic E-state index is 8.58. The lowest BCUT2D eigenvalue weighted by Crippen LogP contribution is -1.97. The van der Waals surface area contributed by atoms with Crippen molar-refractivity contribution in [2.24, 2.45) is 0 Å². The summed E-state index contributed by atoms with van der Waals surface area (Å²) in [5, 5.41) is 8.58. The van der Waals surface area contributed by atoms with Crippen LogP contribution in [0.25, 0.3) is 0 Å². The van der Waals surface area contributed by atoms with Gasteiger partial charge in [-0.15, -0.1) is 0 Å². The van der Waals surface area contributed by atoms with Gasteiger partial charge in [0.25, 0.3) is 0 Å². The molecular formula is C11H15IO2. The van der Waals surface area contributed by atoms with E-state index < -0.39 is 0 Å². The monoisotopic (exact) mass is 306 g/mol. The highest BCUT2D eigenvalue weighted by atomic mass is 127. The first-order valence-electron chi connectivity index (χ1n) is 4.82. The molecule has 0 amide bonds. The van der Waals surface area contributed by atoms with E-state index in [4.69, 9.17) is 9.84 Å². The summed E-state index contributed by atoms with van der Waals surface area (Å²) in [6.45, 7) is 1.02. The van der Waals surface area contributed by atoms with Gasteiger partial charge in [-0.2, -0.15) is 0 Å². The minimum Gasteiger partial charge on any atom is -0.494 e. The number of benzene rings is 1. The van der Waals surface area contributed by atoms with E-state index in [-0.39, 0.29) is 6.61 Å². The third-order valence-electron chi connectivity index (χ3n) is 1.87. The van der Waals surface area contributed by atoms with Crippen molar-refractivity contribution in [2.75, 3.05) is 13.2 Å². The number of rotatable bonds is 6. The molecule has 1 aromatic carbocycles. The summed E-state index contributed by atoms with van der Waals surface area (Å²) >= 11 is 2.27. The minimum atomic E-state index is 0.281. The Morgan fingerprint density at radius 3 is 2.79 bits per heavy atom. The summed E-state index contributed by atoms with van der Waals surface area (Å²) < 4.78 is 6.74. The van der Waals surface area contributed by atoms with Gasteiger partial charge < -0.3 is 9.84 Å². The molecule has 0 bridgehead atoms. The van der Waals surface area contributed by atoms with Crippen molar-refractivity contribution in [3.8, 4) is 5.75 Å². The average Bonchev–Trinajstić information content (AvgIpc) is 2.18. The summed E-state index contributed by atoms with van der Waals surface area (Å²) in [4.78, 5) is 0. The molecule has 0 heterocycles. The fourth-order valence-electron chi connectivity index (χ4n) is 1.14. The molecule has 0 aromatic heterocycles. The van der Waals surface area contributed by atoms with E-state index in [1.54, 1.807) is 0 Å². The Hall–Kier alpha value is -0.290. The molecule has 0 unspecified atom stereocenters. The van der Waals surface area contributed by atoms with E-state index >= 15 is 0 Å². The minimum absolute atomic E-state index is 0.281. The zero-order valence-electron chi connectivity index (χ0n) is 8.08. The van der Waals surface area contributed by atoms with Gasteiger partial charge in [0.05, 0.1) is 6.61 Å². The zero-order chi connectivity index (χ0) is 10.2. The normalized spacial score (nSPS) is 10.1. The molecule has 0 radical (unpaired) electrons. The van der Waals surface area contributed by atoms with E-state index in [2.05, 4.69) is 22.6 Å². The number of ether oxygens (including phenoxy) is 1. The lowest BCUT2D eigenvalue weighted by Gasteiger charge is -2.05. The predicted molar refractivity (Wildman–Crippen MR) is 65.6 cm³/mol. The molecule has 1 aromatic rings. The van der Waals surface area contributed by atoms with E-state index in [1.165, 1.54) is 3.57 Å². The molecule has 3 heteroatoms. The molecule has 2 nitrogen and oxygen atoms in total. The van der Waals surface area contributed by atoms with E-state index in [0.29, 0.717) is 0 Å². The molecule has 0 atom stereocenters. The molecule has 0 fully saturated rings. The summed E-state index contributed by atoms with van der Waals surface area (Å²) in [7, 11) is 0. The number of aliphatic hydroxyl groups excluding tert-OH is 1. The van der Waals surface area contributed by atoms with Crippen LogP contribution in [0, 0.1) is 3.57 Å². The van der Waals surface area contributed by atoms with Gasteiger partial charge in [-0.05, 0) is 60.1 Å². The first-order chi connectivity index (χ1) is 6.83. The summed E-state index contributed by atoms with van der Waals surface area (Å²) in [5.41, 5.74) is 0. The number of hydrogen-bond donors (Lipinski definition) is 1. The Labute approximate surface area is 98.4 Å². The SMILES string of the molecule is OCCCCCOc1cccc(I)c1. The van der Waals surface area contributed by atoms with Crippen molar-refractivity contribution in [1.29, 1.82) is 0 Å². The smallest absolute Gasteiger partial charge is 0.120 e. The van der Waals surface area contributed by atoms with Gasteiger partial charge in [-0.1, -0.05) is 6.07 Å². The molecule has 0 aliphatic heterocycles. The topological polar surface area (TPSA) is 29.5 Å². The van der Waals surface area contributed by atoms with Gasteiger partial charge in [-0.25, -0.2) is 0 Å². The second-order valence-electron chi connectivity index (χ2n) is 3.09. The first-order valence-corrected chi connectivity index (χ1v) is 5.90. The number of unbranched alkanes of at least 4 members (excludes halogenated alkanes) is 2. The molecule has 78 valence electrons. The predicted octanol–water partition coefficient (Wildman–Crippen LogP) is 2.83. The van der Waals surface area contributed by atoms with E-state index in [0.717, 1.165) is 31.6 Å². The van der Waals surface area contributed by atoms with Crippen LogP contribution in [0.3, 0.4) is 0 Å². The molecule has 14 heavy (non-hydrogen) atoms. The first kappa shape index (κ1) is 11.8. The van der Waals surface area contributed by atoms with Gasteiger partial charge in [0.1, 0.15) is 5.75 Å². The van der Waals surface area contributed by atoms with Gasteiger partial charge in [0.15, 0.2) is 0 Å². The maximum Gasteiger partial charge on any atom is 0.120 e. The highest BCUT2D eigenvalue weighted by molar-refractivity contribution is 14.1. The number of hydrogen-bond acceptors (Lipinski definition) is 2. The Morgan fingerprint density at radius 2 is 2.07 bits per heavy atom. The van der Waals surface area contributed by atoms with Crippen molar-refractivity contribution in [2.45, 2.75) is 19.3 Å². The molecular weight excluding hydrogens is 291 g/mol. The molecule has 0 spiro atoms. The van der Waals surface area contributed by atoms with Crippen molar-refractivity contribution >= 4 is 22.6 Å². The van der Waals surface area contributed by atoms with Crippen molar-refractivity contribution in [3.63, 3.8) is 0 Å². The second kappa shape index (κ2) is 7.06. The largest absolute Gasteiger partial charge is 0.494 e. The summed E-state index contributed by atoms with van der Waals surface area (Å²) in [5.74, 6) is 0.931. The van der Waals surface area contributed by atoms with Crippen molar-refractivity contribution in [1.82, 2.24) is 0 Å². The molecule has 0 saturated heterocycles. The Morgan fingerprint density at radius 1 is 1.21 bits per heavy atom. The quantitative estimate of drug-likeness (QED) is 0.647. The third kappa shape index (κ3) is 4.81. The molecule has 0 saturated carbocycles. The van der Waals surface area contributed by atoms with E-state index in [1.807, 2.05) is 24.3 Å². The van der Waals surface area contributed by atoms with Gasteiger partial charge in [0, 0.05) is 10.2 Å². The third-order valence-corrected chi connectivity index (χ3v) is 2.54. The molecule has 0 aliphatic carbocycles. The Bertz CT molecular complexity index is 263. The van der Waals surface area contributed by atoms with Crippen LogP contribution in [0.2, 0.25) is 0 Å². The average molecular weight is 306 g/mol. The Balaban J connectivity index is 2.18. The van der Waals surface area contributed by atoms with Gasteiger partial charge in [0.2, 0.25) is 0 Å². The number of aliphatic hydroxyl groups is 1. The van der Waals surface area contributed by atoms with Crippen LogP contribution in [0.1, 0.15) is 19.3 Å². The zero-order valence-corrected chi connectivity index (χ0v) is 10.2. The fraction of sp³-hybridized carbons (Fsp3) is 0.455. The van der Waals surface area contributed by atoms with Crippen LogP contribution in [-0.2, 0) is 0 Å². The van der Waals surface area contributed by atoms with E-state index in [9.17, 15) is 0 Å². The summed E-state index contributed by atoms with van der Waals surface area (Å²) in [6, 6.07) is 8.02. The van der Waals surface area contributed by atoms with Crippen LogP contribution in [0.4, 0.5) is 0 Å². The standard InChI is InChI=1S/C11H15IO2/c12-10-5-4-6-11(9-10)14-8-3-1-2-7-13/h4-6,9,13H,1-3,7-8H2. The van der Waals surface area contributed by atoms with Crippen LogP contribution in [0.15, 0.2) is 24.3 Å². The second-order valence-corrected chi connectivity index (χ2v) is 4.34.